The zero-order valence-electron chi connectivity index (χ0n) is 7.81. The second-order valence-electron chi connectivity index (χ2n) is 2.85. The minimum atomic E-state index is -1.46. The standard InChI is InChI=1S/C9H5ClN2O4/c10-3-5-1-6(4-11)8(12(15)16)7(2-5)9(13)14/h1-2H,3H2,(H,13,14). The van der Waals surface area contributed by atoms with Gasteiger partial charge in [-0.2, -0.15) is 5.26 Å². The highest BCUT2D eigenvalue weighted by Crippen LogP contribution is 2.26. The first kappa shape index (κ1) is 11.9. The number of nitro benzene ring substituents is 1. The Balaban J connectivity index is 3.62. The number of benzene rings is 1. The van der Waals surface area contributed by atoms with Gasteiger partial charge < -0.3 is 5.11 Å². The van der Waals surface area contributed by atoms with Gasteiger partial charge in [0, 0.05) is 5.88 Å². The van der Waals surface area contributed by atoms with Gasteiger partial charge in [-0.1, -0.05) is 0 Å². The number of rotatable bonds is 3. The number of alkyl halides is 1. The number of hydrogen-bond acceptors (Lipinski definition) is 4. The first-order chi connectivity index (χ1) is 7.51. The predicted molar refractivity (Wildman–Crippen MR) is 54.3 cm³/mol. The Labute approximate surface area is 94.8 Å². The fourth-order valence-electron chi connectivity index (χ4n) is 1.22. The van der Waals surface area contributed by atoms with E-state index in [1.165, 1.54) is 6.07 Å². The van der Waals surface area contributed by atoms with Gasteiger partial charge in [-0.15, -0.1) is 11.6 Å². The van der Waals surface area contributed by atoms with Gasteiger partial charge in [-0.3, -0.25) is 10.1 Å². The molecule has 0 saturated carbocycles. The van der Waals surface area contributed by atoms with E-state index in [0.717, 1.165) is 6.07 Å². The molecule has 0 unspecified atom stereocenters. The number of nitriles is 1. The van der Waals surface area contributed by atoms with Gasteiger partial charge >= 0.3 is 11.7 Å². The molecular formula is C9H5ClN2O4. The van der Waals surface area contributed by atoms with Crippen molar-refractivity contribution in [2.75, 3.05) is 0 Å². The van der Waals surface area contributed by atoms with Crippen LogP contribution in [0.25, 0.3) is 0 Å². The minimum absolute atomic E-state index is 0.0209. The molecule has 1 rings (SSSR count). The largest absolute Gasteiger partial charge is 0.477 e. The molecule has 0 radical (unpaired) electrons. The number of halogens is 1. The van der Waals surface area contributed by atoms with Crippen molar-refractivity contribution in [1.29, 1.82) is 5.26 Å². The van der Waals surface area contributed by atoms with E-state index in [4.69, 9.17) is 22.0 Å². The number of carboxylic acids is 1. The molecule has 0 heterocycles. The van der Waals surface area contributed by atoms with E-state index in [9.17, 15) is 14.9 Å². The first-order valence-corrected chi connectivity index (χ1v) is 4.55. The molecule has 0 aliphatic rings. The van der Waals surface area contributed by atoms with Crippen molar-refractivity contribution in [3.05, 3.63) is 38.9 Å². The summed E-state index contributed by atoms with van der Waals surface area (Å²) in [6.45, 7) is 0. The third-order valence-electron chi connectivity index (χ3n) is 1.86. The Kier molecular flexibility index (Phi) is 3.43. The Hall–Kier alpha value is -2.13. The van der Waals surface area contributed by atoms with Gasteiger partial charge in [0.05, 0.1) is 4.92 Å². The molecule has 0 amide bonds. The van der Waals surface area contributed by atoms with Crippen LogP contribution in [0.2, 0.25) is 0 Å². The Morgan fingerprint density at radius 1 is 1.62 bits per heavy atom. The summed E-state index contributed by atoms with van der Waals surface area (Å²) in [4.78, 5) is 20.6. The van der Waals surface area contributed by atoms with Gasteiger partial charge in [-0.05, 0) is 17.7 Å². The molecule has 6 nitrogen and oxygen atoms in total. The SMILES string of the molecule is N#Cc1cc(CCl)cc(C(=O)O)c1[N+](=O)[O-]. The molecule has 0 atom stereocenters. The fourth-order valence-corrected chi connectivity index (χ4v) is 1.37. The molecule has 1 aromatic rings. The second kappa shape index (κ2) is 4.59. The van der Waals surface area contributed by atoms with E-state index in [1.54, 1.807) is 6.07 Å². The minimum Gasteiger partial charge on any atom is -0.477 e. The van der Waals surface area contributed by atoms with E-state index >= 15 is 0 Å². The van der Waals surface area contributed by atoms with Crippen LogP contribution in [0.15, 0.2) is 12.1 Å². The maximum atomic E-state index is 10.8. The number of aromatic carboxylic acids is 1. The summed E-state index contributed by atoms with van der Waals surface area (Å²) in [5, 5.41) is 28.2. The van der Waals surface area contributed by atoms with E-state index in [1.807, 2.05) is 0 Å². The van der Waals surface area contributed by atoms with Crippen molar-refractivity contribution in [1.82, 2.24) is 0 Å². The van der Waals surface area contributed by atoms with Crippen LogP contribution in [0.4, 0.5) is 5.69 Å². The molecule has 82 valence electrons. The van der Waals surface area contributed by atoms with E-state index in [0.29, 0.717) is 5.56 Å². The molecule has 0 aromatic heterocycles. The first-order valence-electron chi connectivity index (χ1n) is 4.02. The summed E-state index contributed by atoms with van der Waals surface area (Å²) in [7, 11) is 0. The molecule has 1 N–H and O–H groups in total. The lowest BCUT2D eigenvalue weighted by atomic mass is 10.0. The van der Waals surface area contributed by atoms with Gasteiger partial charge in [0.2, 0.25) is 0 Å². The summed E-state index contributed by atoms with van der Waals surface area (Å²) >= 11 is 5.49. The molecule has 0 bridgehead atoms. The van der Waals surface area contributed by atoms with Crippen LogP contribution >= 0.6 is 11.6 Å². The highest BCUT2D eigenvalue weighted by atomic mass is 35.5. The molecular weight excluding hydrogens is 236 g/mol. The Bertz CT molecular complexity index is 507. The summed E-state index contributed by atoms with van der Waals surface area (Å²) < 4.78 is 0. The number of hydrogen-bond donors (Lipinski definition) is 1. The van der Waals surface area contributed by atoms with Gasteiger partial charge in [-0.25, -0.2) is 4.79 Å². The summed E-state index contributed by atoms with van der Waals surface area (Å²) in [6, 6.07) is 3.88. The predicted octanol–water partition coefficient (Wildman–Crippen LogP) is 1.90. The Morgan fingerprint density at radius 2 is 2.25 bits per heavy atom. The van der Waals surface area contributed by atoms with Crippen LogP contribution in [-0.2, 0) is 5.88 Å². The van der Waals surface area contributed by atoms with Gasteiger partial charge in [0.15, 0.2) is 0 Å². The maximum absolute atomic E-state index is 10.8. The van der Waals surface area contributed by atoms with Crippen LogP contribution in [0, 0.1) is 21.4 Å². The number of nitrogens with zero attached hydrogens (tertiary/aromatic N) is 2. The lowest BCUT2D eigenvalue weighted by Crippen LogP contribution is -2.05. The Morgan fingerprint density at radius 3 is 2.62 bits per heavy atom. The zero-order valence-corrected chi connectivity index (χ0v) is 8.56. The summed E-state index contributed by atoms with van der Waals surface area (Å²) in [6.07, 6.45) is 0. The van der Waals surface area contributed by atoms with Crippen molar-refractivity contribution >= 4 is 23.3 Å². The molecule has 16 heavy (non-hydrogen) atoms. The average molecular weight is 241 g/mol. The molecule has 0 aliphatic carbocycles. The van der Waals surface area contributed by atoms with Crippen molar-refractivity contribution < 1.29 is 14.8 Å². The van der Waals surface area contributed by atoms with Gasteiger partial charge in [0.25, 0.3) is 0 Å². The van der Waals surface area contributed by atoms with Crippen LogP contribution in [0.5, 0.6) is 0 Å². The highest BCUT2D eigenvalue weighted by Gasteiger charge is 2.25. The zero-order chi connectivity index (χ0) is 12.3. The van der Waals surface area contributed by atoms with E-state index in [-0.39, 0.29) is 11.4 Å². The van der Waals surface area contributed by atoms with Gasteiger partial charge in [0.1, 0.15) is 17.2 Å². The molecule has 0 spiro atoms. The average Bonchev–Trinajstić information content (AvgIpc) is 2.26. The summed E-state index contributed by atoms with van der Waals surface area (Å²) in [5.74, 6) is -1.48. The van der Waals surface area contributed by atoms with Crippen molar-refractivity contribution in [2.45, 2.75) is 5.88 Å². The molecule has 0 saturated heterocycles. The van der Waals surface area contributed by atoms with Crippen molar-refractivity contribution in [2.24, 2.45) is 0 Å². The van der Waals surface area contributed by atoms with Crippen LogP contribution in [-0.4, -0.2) is 16.0 Å². The normalized spacial score (nSPS) is 9.50. The van der Waals surface area contributed by atoms with Crippen LogP contribution in [0.1, 0.15) is 21.5 Å². The lowest BCUT2D eigenvalue weighted by molar-refractivity contribution is -0.385. The fraction of sp³-hybridized carbons (Fsp3) is 0.111. The molecule has 0 aliphatic heterocycles. The molecule has 7 heteroatoms. The maximum Gasteiger partial charge on any atom is 0.342 e. The monoisotopic (exact) mass is 240 g/mol. The molecule has 1 aromatic carbocycles. The van der Waals surface area contributed by atoms with Crippen molar-refractivity contribution in [3.8, 4) is 6.07 Å². The van der Waals surface area contributed by atoms with E-state index < -0.39 is 22.1 Å². The quantitative estimate of drug-likeness (QED) is 0.494. The third-order valence-corrected chi connectivity index (χ3v) is 2.17. The van der Waals surface area contributed by atoms with Crippen LogP contribution < -0.4 is 0 Å². The smallest absolute Gasteiger partial charge is 0.342 e. The lowest BCUT2D eigenvalue weighted by Gasteiger charge is -2.02. The highest BCUT2D eigenvalue weighted by molar-refractivity contribution is 6.17. The number of nitro groups is 1. The van der Waals surface area contributed by atoms with E-state index in [2.05, 4.69) is 0 Å². The van der Waals surface area contributed by atoms with Crippen LogP contribution in [0.3, 0.4) is 0 Å². The number of carboxylic acid groups (broad SMARTS) is 1. The number of carbonyl (C=O) groups is 1. The summed E-state index contributed by atoms with van der Waals surface area (Å²) in [5.41, 5.74) is -1.19. The topological polar surface area (TPSA) is 104 Å². The molecule has 0 fully saturated rings. The third kappa shape index (κ3) is 2.10. The second-order valence-corrected chi connectivity index (χ2v) is 3.11. The van der Waals surface area contributed by atoms with Crippen molar-refractivity contribution in [3.63, 3.8) is 0 Å².